The number of β-lactam (4-membered cyclic amide) rings is 1. The van der Waals surface area contributed by atoms with E-state index in [4.69, 9.17) is 15.3 Å². The van der Waals surface area contributed by atoms with Crippen molar-refractivity contribution in [1.29, 1.82) is 0 Å². The van der Waals surface area contributed by atoms with Gasteiger partial charge in [0.05, 0.1) is 16.6 Å². The van der Waals surface area contributed by atoms with Crippen LogP contribution in [-0.2, 0) is 35.4 Å². The van der Waals surface area contributed by atoms with E-state index in [-0.39, 0.29) is 69.8 Å². The zero-order valence-corrected chi connectivity index (χ0v) is 24.9. The number of nitrogen functional groups attached to an aromatic ring is 1. The maximum Gasteiger partial charge on any atom is 1.00 e. The van der Waals surface area contributed by atoms with Crippen LogP contribution in [0.1, 0.15) is 11.3 Å². The Kier molecular flexibility index (Phi) is 10.6. The van der Waals surface area contributed by atoms with Crippen molar-refractivity contribution in [3.05, 3.63) is 74.9 Å². The van der Waals surface area contributed by atoms with Crippen LogP contribution in [0, 0.1) is 10.1 Å². The molecule has 0 spiro atoms. The topological polar surface area (TPSA) is 219 Å². The number of oxime groups is 1. The SMILES string of the molecule is C=CC1=C(C(=O)[O-])N2C(=O)C(NC(=O)/C(=N\OCC(=O)OCc3ccc([N+](=O)[O-])cc3)c3csc(N)n3)[C@H]2SC1.[Na+]. The molecule has 41 heavy (non-hydrogen) atoms. The van der Waals surface area contributed by atoms with Gasteiger partial charge in [-0.1, -0.05) is 17.8 Å². The van der Waals surface area contributed by atoms with Gasteiger partial charge in [0.15, 0.2) is 10.8 Å². The number of amides is 2. The molecule has 2 atom stereocenters. The number of hydrogen-bond donors (Lipinski definition) is 2. The average molecular weight is 611 g/mol. The molecule has 2 amide bonds. The van der Waals surface area contributed by atoms with E-state index in [0.717, 1.165) is 16.2 Å². The van der Waals surface area contributed by atoms with Gasteiger partial charge in [-0.25, -0.2) is 9.78 Å². The van der Waals surface area contributed by atoms with Crippen LogP contribution in [0.25, 0.3) is 0 Å². The van der Waals surface area contributed by atoms with Gasteiger partial charge >= 0.3 is 35.5 Å². The van der Waals surface area contributed by atoms with Gasteiger partial charge in [-0.2, -0.15) is 0 Å². The van der Waals surface area contributed by atoms with Crippen molar-refractivity contribution in [2.75, 3.05) is 18.1 Å². The number of benzene rings is 1. The third-order valence-electron chi connectivity index (χ3n) is 5.59. The smallest absolute Gasteiger partial charge is 0.543 e. The summed E-state index contributed by atoms with van der Waals surface area (Å²) >= 11 is 2.24. The molecule has 208 valence electrons. The second-order valence-corrected chi connectivity index (χ2v) is 10.1. The van der Waals surface area contributed by atoms with Crippen molar-refractivity contribution in [3.8, 4) is 0 Å². The number of rotatable bonds is 11. The monoisotopic (exact) mass is 610 g/mol. The fourth-order valence-electron chi connectivity index (χ4n) is 3.67. The van der Waals surface area contributed by atoms with Crippen molar-refractivity contribution in [2.24, 2.45) is 5.16 Å². The Balaban J connectivity index is 0.00000462. The molecule has 1 unspecified atom stereocenters. The minimum absolute atomic E-state index is 0. The first-order valence-electron chi connectivity index (χ1n) is 11.2. The third kappa shape index (κ3) is 7.12. The number of carboxylic acid groups (broad SMARTS) is 1. The zero-order valence-electron chi connectivity index (χ0n) is 21.3. The molecule has 3 heterocycles. The molecular formula is C23H19N6NaO9S2. The maximum atomic E-state index is 13.1. The number of anilines is 1. The number of aliphatic carboxylic acids is 1. The molecule has 0 radical (unpaired) electrons. The number of thioether (sulfide) groups is 1. The number of nitro benzene ring substituents is 1. The second kappa shape index (κ2) is 13.7. The molecule has 2 aromatic rings. The van der Waals surface area contributed by atoms with Crippen molar-refractivity contribution < 1.29 is 68.3 Å². The fraction of sp³-hybridized carbons (Fsp3) is 0.217. The van der Waals surface area contributed by atoms with Crippen LogP contribution in [-0.4, -0.2) is 68.0 Å². The van der Waals surface area contributed by atoms with Crippen LogP contribution in [0.4, 0.5) is 10.8 Å². The standard InChI is InChI=1S/C23H20N6O9S2.Na/c1-2-12-9-39-21-17(20(32)28(21)18(12)22(33)34)26-19(31)16(14-10-40-23(24)25-14)27-38-8-15(30)37-7-11-3-5-13(6-4-11)29(35)36;/h2-6,10,17,21H,1,7-9H2,(H2,24,25)(H,26,31)(H,33,34);/q;+1/p-1/b27-16-;/t17?,21-;/m1./s1. The molecule has 1 aromatic carbocycles. The van der Waals surface area contributed by atoms with Crippen molar-refractivity contribution in [2.45, 2.75) is 18.0 Å². The number of ether oxygens (including phenoxy) is 1. The van der Waals surface area contributed by atoms with E-state index in [1.54, 1.807) is 0 Å². The van der Waals surface area contributed by atoms with E-state index in [0.29, 0.717) is 11.1 Å². The molecule has 2 aliphatic rings. The number of nitrogens with zero attached hydrogens (tertiary/aromatic N) is 4. The number of nitrogens with two attached hydrogens (primary N) is 1. The molecular weight excluding hydrogens is 591 g/mol. The van der Waals surface area contributed by atoms with Crippen LogP contribution in [0.2, 0.25) is 0 Å². The van der Waals surface area contributed by atoms with E-state index in [9.17, 15) is 34.4 Å². The maximum absolute atomic E-state index is 13.1. The summed E-state index contributed by atoms with van der Waals surface area (Å²) in [6.45, 7) is 2.68. The number of nitrogens with one attached hydrogen (secondary N) is 1. The van der Waals surface area contributed by atoms with Crippen molar-refractivity contribution in [3.63, 3.8) is 0 Å². The Morgan fingerprint density at radius 3 is 2.61 bits per heavy atom. The van der Waals surface area contributed by atoms with Gasteiger partial charge in [0, 0.05) is 23.3 Å². The van der Waals surface area contributed by atoms with Crippen LogP contribution < -0.4 is 45.7 Å². The number of fused-ring (bicyclic) bond motifs is 1. The Hall–Kier alpha value is -3.77. The van der Waals surface area contributed by atoms with Crippen LogP contribution in [0.15, 0.2) is 58.7 Å². The Labute approximate surface area is 261 Å². The summed E-state index contributed by atoms with van der Waals surface area (Å²) < 4.78 is 5.04. The summed E-state index contributed by atoms with van der Waals surface area (Å²) in [7, 11) is 0. The molecule has 1 fully saturated rings. The van der Waals surface area contributed by atoms with Gasteiger partial charge in [0.1, 0.15) is 23.7 Å². The second-order valence-electron chi connectivity index (χ2n) is 8.09. The summed E-state index contributed by atoms with van der Waals surface area (Å²) in [5, 5.41) is 29.4. The summed E-state index contributed by atoms with van der Waals surface area (Å²) in [4.78, 5) is 69.7. The number of thiazole rings is 1. The number of hydrogen-bond acceptors (Lipinski definition) is 14. The van der Waals surface area contributed by atoms with Gasteiger partial charge in [-0.3, -0.25) is 24.6 Å². The van der Waals surface area contributed by atoms with Crippen LogP contribution >= 0.6 is 23.1 Å². The Morgan fingerprint density at radius 2 is 2.02 bits per heavy atom. The van der Waals surface area contributed by atoms with Crippen molar-refractivity contribution >= 4 is 63.4 Å². The first kappa shape index (κ1) is 31.8. The predicted octanol–water partition coefficient (Wildman–Crippen LogP) is -3.31. The molecule has 3 N–H and O–H groups in total. The first-order valence-corrected chi connectivity index (χ1v) is 13.2. The van der Waals surface area contributed by atoms with Crippen LogP contribution in [0.3, 0.4) is 0 Å². The summed E-state index contributed by atoms with van der Waals surface area (Å²) in [6.07, 6.45) is 1.33. The zero-order chi connectivity index (χ0) is 29.0. The summed E-state index contributed by atoms with van der Waals surface area (Å²) in [6, 6.07) is 4.31. The minimum Gasteiger partial charge on any atom is -0.543 e. The molecule has 0 saturated carbocycles. The number of aromatic nitrogens is 1. The average Bonchev–Trinajstić information content (AvgIpc) is 3.37. The Morgan fingerprint density at radius 1 is 1.32 bits per heavy atom. The number of carbonyl (C=O) groups excluding carboxylic acids is 4. The Bertz CT molecular complexity index is 1460. The van der Waals surface area contributed by atoms with E-state index < -0.39 is 46.7 Å². The van der Waals surface area contributed by atoms with E-state index >= 15 is 0 Å². The van der Waals surface area contributed by atoms with Gasteiger partial charge in [0.2, 0.25) is 6.61 Å². The predicted molar refractivity (Wildman–Crippen MR) is 139 cm³/mol. The number of esters is 1. The fourth-order valence-corrected chi connectivity index (χ4v) is 5.56. The first-order chi connectivity index (χ1) is 19.1. The third-order valence-corrected chi connectivity index (χ3v) is 7.57. The molecule has 18 heteroatoms. The normalized spacial score (nSPS) is 17.9. The molecule has 0 bridgehead atoms. The minimum atomic E-state index is -1.53. The molecule has 0 aliphatic carbocycles. The van der Waals surface area contributed by atoms with Gasteiger partial charge in [-0.15, -0.1) is 23.1 Å². The quantitative estimate of drug-likeness (QED) is 0.0638. The van der Waals surface area contributed by atoms with Gasteiger partial charge in [-0.05, 0) is 23.3 Å². The number of nitro groups is 1. The van der Waals surface area contributed by atoms with E-state index in [2.05, 4.69) is 22.0 Å². The summed E-state index contributed by atoms with van der Waals surface area (Å²) in [5.74, 6) is -3.69. The number of allylic oxidation sites excluding steroid dienone is 1. The van der Waals surface area contributed by atoms with E-state index in [1.165, 1.54) is 47.5 Å². The summed E-state index contributed by atoms with van der Waals surface area (Å²) in [5.41, 5.74) is 5.71. The number of carboxylic acids is 1. The molecule has 2 aliphatic heterocycles. The molecule has 15 nitrogen and oxygen atoms in total. The van der Waals surface area contributed by atoms with Crippen molar-refractivity contribution in [1.82, 2.24) is 15.2 Å². The number of non-ortho nitro benzene ring substituents is 1. The number of carbonyl (C=O) groups is 4. The molecule has 1 saturated heterocycles. The largest absolute Gasteiger partial charge is 1.00 e. The molecule has 1 aromatic heterocycles. The molecule has 4 rings (SSSR count). The van der Waals surface area contributed by atoms with Gasteiger partial charge in [0.25, 0.3) is 17.5 Å². The van der Waals surface area contributed by atoms with Gasteiger partial charge < -0.3 is 30.5 Å². The van der Waals surface area contributed by atoms with E-state index in [1.807, 2.05) is 0 Å². The van der Waals surface area contributed by atoms with Crippen LogP contribution in [0.5, 0.6) is 0 Å².